The van der Waals surface area contributed by atoms with E-state index in [0.717, 1.165) is 47.3 Å². The Bertz CT molecular complexity index is 728. The molecular formula is C18H25ClN2O3. The van der Waals surface area contributed by atoms with Crippen molar-refractivity contribution in [1.29, 1.82) is 0 Å². The number of hydrogen-bond acceptors (Lipinski definition) is 4. The summed E-state index contributed by atoms with van der Waals surface area (Å²) in [7, 11) is 1.65. The molecule has 3 atom stereocenters. The monoisotopic (exact) mass is 352 g/mol. The molecule has 24 heavy (non-hydrogen) atoms. The number of methoxy groups -OCH3 is 1. The fraction of sp³-hybridized carbons (Fsp3) is 0.500. The van der Waals surface area contributed by atoms with Gasteiger partial charge in [0.25, 0.3) is 0 Å². The number of fused-ring (bicyclic) bond motifs is 1. The van der Waals surface area contributed by atoms with Gasteiger partial charge in [0, 0.05) is 22.9 Å². The quantitative estimate of drug-likeness (QED) is 0.883. The minimum atomic E-state index is -0.169. The van der Waals surface area contributed by atoms with Crippen LogP contribution in [-0.2, 0) is 4.79 Å². The van der Waals surface area contributed by atoms with Crippen LogP contribution in [0.3, 0.4) is 0 Å². The van der Waals surface area contributed by atoms with Gasteiger partial charge in [0.1, 0.15) is 17.1 Å². The van der Waals surface area contributed by atoms with Crippen molar-refractivity contribution in [3.05, 3.63) is 29.5 Å². The Kier molecular flexibility index (Phi) is 5.78. The first kappa shape index (κ1) is 18.6. The summed E-state index contributed by atoms with van der Waals surface area (Å²) in [6, 6.07) is 5.72. The van der Waals surface area contributed by atoms with Crippen LogP contribution in [0.1, 0.15) is 43.6 Å². The lowest BCUT2D eigenvalue weighted by atomic mass is 10.0. The lowest BCUT2D eigenvalue weighted by Gasteiger charge is -2.16. The van der Waals surface area contributed by atoms with Crippen molar-refractivity contribution in [2.24, 2.45) is 11.7 Å². The molecule has 0 bridgehead atoms. The largest absolute Gasteiger partial charge is 0.497 e. The predicted octanol–water partition coefficient (Wildman–Crippen LogP) is 3.48. The Labute approximate surface area is 148 Å². The summed E-state index contributed by atoms with van der Waals surface area (Å²) in [4.78, 5) is 12.4. The smallest absolute Gasteiger partial charge is 0.223 e. The second-order valence-corrected chi connectivity index (χ2v) is 6.45. The number of furan rings is 1. The van der Waals surface area contributed by atoms with E-state index in [9.17, 15) is 4.79 Å². The van der Waals surface area contributed by atoms with Crippen LogP contribution in [-0.4, -0.2) is 19.1 Å². The summed E-state index contributed by atoms with van der Waals surface area (Å²) >= 11 is 0. The molecule has 5 nitrogen and oxygen atoms in total. The summed E-state index contributed by atoms with van der Waals surface area (Å²) < 4.78 is 11.2. The van der Waals surface area contributed by atoms with E-state index >= 15 is 0 Å². The predicted molar refractivity (Wildman–Crippen MR) is 96.6 cm³/mol. The SMILES string of the molecule is COc1ccc2oc(C(C)NC(=O)C3CCC(N)C3)c(C)c2c1.Cl. The zero-order chi connectivity index (χ0) is 16.6. The second-order valence-electron chi connectivity index (χ2n) is 6.45. The van der Waals surface area contributed by atoms with E-state index in [0.29, 0.717) is 0 Å². The second kappa shape index (κ2) is 7.45. The molecule has 0 saturated heterocycles. The molecule has 1 saturated carbocycles. The van der Waals surface area contributed by atoms with Gasteiger partial charge in [-0.3, -0.25) is 4.79 Å². The molecule has 1 heterocycles. The highest BCUT2D eigenvalue weighted by Crippen LogP contribution is 2.32. The van der Waals surface area contributed by atoms with Gasteiger partial charge in [-0.25, -0.2) is 0 Å². The molecule has 1 aromatic heterocycles. The first-order chi connectivity index (χ1) is 11.0. The number of amides is 1. The average molecular weight is 353 g/mol. The number of carbonyl (C=O) groups is 1. The van der Waals surface area contributed by atoms with E-state index in [1.165, 1.54) is 0 Å². The van der Waals surface area contributed by atoms with Gasteiger partial charge >= 0.3 is 0 Å². The normalized spacial score (nSPS) is 21.3. The molecule has 0 aliphatic heterocycles. The van der Waals surface area contributed by atoms with Crippen molar-refractivity contribution in [1.82, 2.24) is 5.32 Å². The number of ether oxygens (including phenoxy) is 1. The first-order valence-corrected chi connectivity index (χ1v) is 8.12. The van der Waals surface area contributed by atoms with Crippen LogP contribution >= 0.6 is 12.4 Å². The summed E-state index contributed by atoms with van der Waals surface area (Å²) in [6.45, 7) is 3.96. The Morgan fingerprint density at radius 1 is 1.42 bits per heavy atom. The van der Waals surface area contributed by atoms with Gasteiger partial charge in [-0.05, 0) is 51.3 Å². The van der Waals surface area contributed by atoms with Crippen LogP contribution in [0.25, 0.3) is 11.0 Å². The third kappa shape index (κ3) is 3.52. The van der Waals surface area contributed by atoms with Crippen molar-refractivity contribution < 1.29 is 13.9 Å². The van der Waals surface area contributed by atoms with Crippen molar-refractivity contribution in [2.45, 2.75) is 45.2 Å². The highest BCUT2D eigenvalue weighted by atomic mass is 35.5. The Morgan fingerprint density at radius 3 is 2.79 bits per heavy atom. The zero-order valence-electron chi connectivity index (χ0n) is 14.3. The topological polar surface area (TPSA) is 77.5 Å². The molecule has 1 amide bonds. The number of rotatable bonds is 4. The Hall–Kier alpha value is -1.72. The highest BCUT2D eigenvalue weighted by Gasteiger charge is 2.29. The summed E-state index contributed by atoms with van der Waals surface area (Å²) in [6.07, 6.45) is 2.57. The van der Waals surface area contributed by atoms with Crippen molar-refractivity contribution in [2.75, 3.05) is 7.11 Å². The molecule has 0 radical (unpaired) electrons. The molecule has 1 aliphatic carbocycles. The van der Waals surface area contributed by atoms with Gasteiger partial charge in [0.05, 0.1) is 13.2 Å². The van der Waals surface area contributed by atoms with E-state index in [2.05, 4.69) is 5.32 Å². The lowest BCUT2D eigenvalue weighted by Crippen LogP contribution is -2.32. The molecule has 3 N–H and O–H groups in total. The van der Waals surface area contributed by atoms with Crippen LogP contribution in [0.5, 0.6) is 5.75 Å². The molecule has 3 unspecified atom stereocenters. The first-order valence-electron chi connectivity index (χ1n) is 8.12. The fourth-order valence-corrected chi connectivity index (χ4v) is 3.41. The number of halogens is 1. The third-order valence-corrected chi connectivity index (χ3v) is 4.78. The molecule has 6 heteroatoms. The lowest BCUT2D eigenvalue weighted by molar-refractivity contribution is -0.125. The molecule has 132 valence electrons. The highest BCUT2D eigenvalue weighted by molar-refractivity contribution is 5.85. The van der Waals surface area contributed by atoms with Crippen LogP contribution in [0, 0.1) is 12.8 Å². The Balaban J connectivity index is 0.00000208. The number of benzene rings is 1. The van der Waals surface area contributed by atoms with Crippen LogP contribution < -0.4 is 15.8 Å². The van der Waals surface area contributed by atoms with Crippen molar-refractivity contribution in [3.8, 4) is 5.75 Å². The summed E-state index contributed by atoms with van der Waals surface area (Å²) in [5.41, 5.74) is 7.74. The fourth-order valence-electron chi connectivity index (χ4n) is 3.41. The van der Waals surface area contributed by atoms with Gasteiger partial charge < -0.3 is 20.2 Å². The van der Waals surface area contributed by atoms with Crippen LogP contribution in [0.15, 0.2) is 22.6 Å². The van der Waals surface area contributed by atoms with Gasteiger partial charge in [-0.1, -0.05) is 0 Å². The molecule has 1 fully saturated rings. The van der Waals surface area contributed by atoms with Gasteiger partial charge in [-0.2, -0.15) is 0 Å². The standard InChI is InChI=1S/C18H24N2O3.ClH/c1-10-15-9-14(22-3)6-7-16(15)23-17(10)11(2)20-18(21)12-4-5-13(19)8-12;/h6-7,9,11-13H,4-5,8,19H2,1-3H3,(H,20,21);1H. The zero-order valence-corrected chi connectivity index (χ0v) is 15.1. The van der Waals surface area contributed by atoms with Crippen molar-refractivity contribution >= 4 is 29.3 Å². The van der Waals surface area contributed by atoms with E-state index < -0.39 is 0 Å². The van der Waals surface area contributed by atoms with Gasteiger partial charge in [0.2, 0.25) is 5.91 Å². The molecule has 3 rings (SSSR count). The van der Waals surface area contributed by atoms with E-state index in [4.69, 9.17) is 14.9 Å². The maximum atomic E-state index is 12.4. The maximum Gasteiger partial charge on any atom is 0.223 e. The summed E-state index contributed by atoms with van der Waals surface area (Å²) in [5, 5.41) is 4.09. The molecule has 0 spiro atoms. The molecule has 1 aromatic carbocycles. The number of hydrogen-bond donors (Lipinski definition) is 2. The average Bonchev–Trinajstić information content (AvgIpc) is 3.11. The van der Waals surface area contributed by atoms with E-state index in [1.807, 2.05) is 32.0 Å². The molecular weight excluding hydrogens is 328 g/mol. The van der Waals surface area contributed by atoms with Gasteiger partial charge in [-0.15, -0.1) is 12.4 Å². The minimum Gasteiger partial charge on any atom is -0.497 e. The summed E-state index contributed by atoms with van der Waals surface area (Å²) in [5.74, 6) is 1.69. The van der Waals surface area contributed by atoms with Crippen LogP contribution in [0.2, 0.25) is 0 Å². The number of aryl methyl sites for hydroxylation is 1. The number of nitrogens with one attached hydrogen (secondary N) is 1. The van der Waals surface area contributed by atoms with Crippen LogP contribution in [0.4, 0.5) is 0 Å². The van der Waals surface area contributed by atoms with Crippen molar-refractivity contribution in [3.63, 3.8) is 0 Å². The third-order valence-electron chi connectivity index (χ3n) is 4.78. The van der Waals surface area contributed by atoms with E-state index in [-0.39, 0.29) is 36.3 Å². The number of carbonyl (C=O) groups excluding carboxylic acids is 1. The molecule has 2 aromatic rings. The van der Waals surface area contributed by atoms with E-state index in [1.54, 1.807) is 7.11 Å². The minimum absolute atomic E-state index is 0. The Morgan fingerprint density at radius 2 is 2.17 bits per heavy atom. The molecule has 1 aliphatic rings. The number of nitrogens with two attached hydrogens (primary N) is 1. The maximum absolute atomic E-state index is 12.4. The van der Waals surface area contributed by atoms with Gasteiger partial charge in [0.15, 0.2) is 0 Å².